The first-order chi connectivity index (χ1) is 11.5. The Morgan fingerprint density at radius 1 is 1.21 bits per heavy atom. The molecule has 1 aliphatic rings. The molecule has 1 heterocycles. The third kappa shape index (κ3) is 5.13. The number of nitrogens with zero attached hydrogens (tertiary/aromatic N) is 2. The van der Waals surface area contributed by atoms with Crippen LogP contribution < -0.4 is 15.5 Å². The van der Waals surface area contributed by atoms with Crippen molar-refractivity contribution in [1.82, 2.24) is 10.2 Å². The summed E-state index contributed by atoms with van der Waals surface area (Å²) in [7, 11) is 2.13. The van der Waals surface area contributed by atoms with Crippen LogP contribution in [0.15, 0.2) is 18.2 Å². The zero-order valence-corrected chi connectivity index (χ0v) is 14.6. The van der Waals surface area contributed by atoms with Gasteiger partial charge in [0.15, 0.2) is 0 Å². The van der Waals surface area contributed by atoms with Gasteiger partial charge in [0.25, 0.3) is 0 Å². The number of rotatable bonds is 5. The van der Waals surface area contributed by atoms with Crippen molar-refractivity contribution < 1.29 is 14.3 Å². The van der Waals surface area contributed by atoms with Crippen molar-refractivity contribution in [3.8, 4) is 0 Å². The third-order valence-corrected chi connectivity index (χ3v) is 4.02. The van der Waals surface area contributed by atoms with E-state index < -0.39 is 6.09 Å². The Bertz CT molecular complexity index is 583. The number of benzene rings is 1. The van der Waals surface area contributed by atoms with Crippen LogP contribution in [-0.2, 0) is 9.53 Å². The van der Waals surface area contributed by atoms with E-state index in [1.165, 1.54) is 5.69 Å². The van der Waals surface area contributed by atoms with Crippen LogP contribution >= 0.6 is 0 Å². The average molecular weight is 334 g/mol. The van der Waals surface area contributed by atoms with Crippen LogP contribution in [0.3, 0.4) is 0 Å². The van der Waals surface area contributed by atoms with Crippen LogP contribution in [0.25, 0.3) is 0 Å². The molecule has 1 aromatic rings. The van der Waals surface area contributed by atoms with Crippen LogP contribution in [-0.4, -0.2) is 63.3 Å². The summed E-state index contributed by atoms with van der Waals surface area (Å²) in [6.45, 7) is 7.96. The summed E-state index contributed by atoms with van der Waals surface area (Å²) in [4.78, 5) is 27.7. The number of piperazine rings is 1. The number of hydrogen-bond acceptors (Lipinski definition) is 5. The number of alkyl carbamates (subject to hydrolysis) is 1. The minimum absolute atomic E-state index is 0.113. The van der Waals surface area contributed by atoms with Crippen LogP contribution in [0.5, 0.6) is 0 Å². The maximum Gasteiger partial charge on any atom is 0.407 e. The van der Waals surface area contributed by atoms with Gasteiger partial charge < -0.3 is 25.2 Å². The largest absolute Gasteiger partial charge is 0.450 e. The van der Waals surface area contributed by atoms with Crippen molar-refractivity contribution in [1.29, 1.82) is 0 Å². The van der Waals surface area contributed by atoms with E-state index in [-0.39, 0.29) is 19.1 Å². The number of ether oxygens (including phenoxy) is 1. The van der Waals surface area contributed by atoms with Crippen molar-refractivity contribution in [2.45, 2.75) is 13.8 Å². The molecule has 7 heteroatoms. The highest BCUT2D eigenvalue weighted by Gasteiger charge is 2.15. The first-order valence-electron chi connectivity index (χ1n) is 8.24. The fraction of sp³-hybridized carbons (Fsp3) is 0.529. The van der Waals surface area contributed by atoms with Gasteiger partial charge in [0, 0.05) is 37.6 Å². The van der Waals surface area contributed by atoms with Crippen molar-refractivity contribution in [3.63, 3.8) is 0 Å². The van der Waals surface area contributed by atoms with Gasteiger partial charge in [0.05, 0.1) is 6.61 Å². The van der Waals surface area contributed by atoms with Gasteiger partial charge in [-0.05, 0) is 44.7 Å². The molecule has 0 unspecified atom stereocenters. The van der Waals surface area contributed by atoms with E-state index in [9.17, 15) is 9.59 Å². The maximum atomic E-state index is 11.9. The zero-order valence-electron chi connectivity index (χ0n) is 14.6. The molecular formula is C17H26N4O3. The van der Waals surface area contributed by atoms with E-state index in [4.69, 9.17) is 4.74 Å². The second kappa shape index (κ2) is 8.54. The van der Waals surface area contributed by atoms with E-state index in [1.807, 2.05) is 19.1 Å². The van der Waals surface area contributed by atoms with Gasteiger partial charge in [-0.3, -0.25) is 4.79 Å². The monoisotopic (exact) mass is 334 g/mol. The van der Waals surface area contributed by atoms with E-state index >= 15 is 0 Å². The minimum atomic E-state index is -0.588. The lowest BCUT2D eigenvalue weighted by atomic mass is 10.1. The highest BCUT2D eigenvalue weighted by molar-refractivity contribution is 5.94. The van der Waals surface area contributed by atoms with Gasteiger partial charge in [-0.25, -0.2) is 4.79 Å². The number of aryl methyl sites for hydroxylation is 1. The lowest BCUT2D eigenvalue weighted by molar-refractivity contribution is -0.115. The maximum absolute atomic E-state index is 11.9. The normalized spacial score (nSPS) is 15.0. The topological polar surface area (TPSA) is 73.9 Å². The Hall–Kier alpha value is -2.28. The smallest absolute Gasteiger partial charge is 0.407 e. The summed E-state index contributed by atoms with van der Waals surface area (Å²) in [6.07, 6.45) is -0.588. The van der Waals surface area contributed by atoms with Crippen molar-refractivity contribution >= 4 is 23.4 Å². The summed E-state index contributed by atoms with van der Waals surface area (Å²) in [5.41, 5.74) is 2.92. The molecule has 0 saturated carbocycles. The Labute approximate surface area is 142 Å². The van der Waals surface area contributed by atoms with Gasteiger partial charge in [0.1, 0.15) is 6.54 Å². The highest BCUT2D eigenvalue weighted by atomic mass is 16.5. The number of anilines is 2. The molecule has 1 saturated heterocycles. The summed E-state index contributed by atoms with van der Waals surface area (Å²) < 4.78 is 4.72. The Kier molecular flexibility index (Phi) is 6.43. The number of carbonyl (C=O) groups is 2. The van der Waals surface area contributed by atoms with Crippen LogP contribution in [0.1, 0.15) is 12.5 Å². The molecular weight excluding hydrogens is 308 g/mol. The fourth-order valence-electron chi connectivity index (χ4n) is 2.58. The standard InChI is InChI=1S/C17H26N4O3/c1-4-24-17(23)18-12-16(22)19-15-6-5-14(11-13(15)2)21-9-7-20(3)8-10-21/h5-6,11H,4,7-10,12H2,1-3H3,(H,18,23)(H,19,22). The van der Waals surface area contributed by atoms with E-state index in [0.717, 1.165) is 37.4 Å². The molecule has 7 nitrogen and oxygen atoms in total. The molecule has 0 aliphatic carbocycles. The molecule has 0 radical (unpaired) electrons. The molecule has 1 aromatic carbocycles. The summed E-state index contributed by atoms with van der Waals surface area (Å²) in [5.74, 6) is -0.279. The Balaban J connectivity index is 1.90. The van der Waals surface area contributed by atoms with Gasteiger partial charge >= 0.3 is 6.09 Å². The van der Waals surface area contributed by atoms with E-state index in [1.54, 1.807) is 6.92 Å². The van der Waals surface area contributed by atoms with E-state index in [2.05, 4.69) is 33.5 Å². The third-order valence-electron chi connectivity index (χ3n) is 4.02. The summed E-state index contributed by atoms with van der Waals surface area (Å²) in [6, 6.07) is 6.01. The molecule has 2 rings (SSSR count). The van der Waals surface area contributed by atoms with Crippen molar-refractivity contribution in [3.05, 3.63) is 23.8 Å². The first kappa shape index (κ1) is 18.1. The molecule has 1 aliphatic heterocycles. The molecule has 2 amide bonds. The van der Waals surface area contributed by atoms with Gasteiger partial charge in [-0.2, -0.15) is 0 Å². The zero-order chi connectivity index (χ0) is 17.5. The second-order valence-corrected chi connectivity index (χ2v) is 5.91. The molecule has 132 valence electrons. The van der Waals surface area contributed by atoms with Crippen LogP contribution in [0.4, 0.5) is 16.2 Å². The molecule has 0 spiro atoms. The van der Waals surface area contributed by atoms with Crippen molar-refractivity contribution in [2.75, 3.05) is 56.6 Å². The average Bonchev–Trinajstić information content (AvgIpc) is 2.56. The summed E-state index contributed by atoms with van der Waals surface area (Å²) >= 11 is 0. The lowest BCUT2D eigenvalue weighted by Gasteiger charge is -2.34. The number of hydrogen-bond donors (Lipinski definition) is 2. The highest BCUT2D eigenvalue weighted by Crippen LogP contribution is 2.23. The molecule has 24 heavy (non-hydrogen) atoms. The number of likely N-dealkylation sites (N-methyl/N-ethyl adjacent to an activating group) is 1. The molecule has 0 atom stereocenters. The van der Waals surface area contributed by atoms with Crippen LogP contribution in [0, 0.1) is 6.92 Å². The fourth-order valence-corrected chi connectivity index (χ4v) is 2.58. The SMILES string of the molecule is CCOC(=O)NCC(=O)Nc1ccc(N2CCN(C)CC2)cc1C. The molecule has 2 N–H and O–H groups in total. The summed E-state index contributed by atoms with van der Waals surface area (Å²) in [5, 5.41) is 5.21. The van der Waals surface area contributed by atoms with Gasteiger partial charge in [0.2, 0.25) is 5.91 Å². The molecule has 0 aromatic heterocycles. The number of nitrogens with one attached hydrogen (secondary N) is 2. The van der Waals surface area contributed by atoms with Gasteiger partial charge in [-0.15, -0.1) is 0 Å². The van der Waals surface area contributed by atoms with Crippen molar-refractivity contribution in [2.24, 2.45) is 0 Å². The number of amides is 2. The van der Waals surface area contributed by atoms with Crippen LogP contribution in [0.2, 0.25) is 0 Å². The number of carbonyl (C=O) groups excluding carboxylic acids is 2. The minimum Gasteiger partial charge on any atom is -0.450 e. The Morgan fingerprint density at radius 3 is 2.54 bits per heavy atom. The Morgan fingerprint density at radius 2 is 1.92 bits per heavy atom. The molecule has 1 fully saturated rings. The lowest BCUT2D eigenvalue weighted by Crippen LogP contribution is -2.44. The predicted octanol–water partition coefficient (Wildman–Crippen LogP) is 1.43. The predicted molar refractivity (Wildman–Crippen MR) is 94.5 cm³/mol. The van der Waals surface area contributed by atoms with Gasteiger partial charge in [-0.1, -0.05) is 0 Å². The molecule has 0 bridgehead atoms. The quantitative estimate of drug-likeness (QED) is 0.852. The first-order valence-corrected chi connectivity index (χ1v) is 8.24. The van der Waals surface area contributed by atoms with E-state index in [0.29, 0.717) is 0 Å². The second-order valence-electron chi connectivity index (χ2n) is 5.91.